The van der Waals surface area contributed by atoms with Crippen molar-refractivity contribution in [1.29, 1.82) is 0 Å². The largest absolute Gasteiger partial charge is 0.497 e. The van der Waals surface area contributed by atoms with Crippen molar-refractivity contribution in [2.45, 2.75) is 6.42 Å². The minimum atomic E-state index is 0.902. The highest BCUT2D eigenvalue weighted by Gasteiger charge is 2.00. The Morgan fingerprint density at radius 2 is 2.25 bits per heavy atom. The van der Waals surface area contributed by atoms with E-state index in [0.717, 1.165) is 21.1 Å². The number of alkyl halides is 1. The lowest BCUT2D eigenvalue weighted by Gasteiger charge is -2.04. The third-order valence-corrected chi connectivity index (χ3v) is 2.90. The van der Waals surface area contributed by atoms with Gasteiger partial charge in [0.2, 0.25) is 0 Å². The van der Waals surface area contributed by atoms with Crippen LogP contribution in [0.3, 0.4) is 0 Å². The quantitative estimate of drug-likeness (QED) is 0.605. The lowest BCUT2D eigenvalue weighted by molar-refractivity contribution is 0.414. The molecule has 0 spiro atoms. The van der Waals surface area contributed by atoms with Gasteiger partial charge in [-0.05, 0) is 24.1 Å². The Labute approximate surface area is 94.8 Å². The number of hydrogen-bond acceptors (Lipinski definition) is 1. The maximum absolute atomic E-state index is 5.10. The van der Waals surface area contributed by atoms with Gasteiger partial charge in [-0.3, -0.25) is 0 Å². The van der Waals surface area contributed by atoms with Crippen LogP contribution in [-0.4, -0.2) is 11.5 Å². The van der Waals surface area contributed by atoms with Crippen molar-refractivity contribution in [2.24, 2.45) is 0 Å². The maximum Gasteiger partial charge on any atom is 0.120 e. The van der Waals surface area contributed by atoms with E-state index in [2.05, 4.69) is 44.6 Å². The summed E-state index contributed by atoms with van der Waals surface area (Å²) in [7, 11) is 1.68. The second-order valence-corrected chi connectivity index (χ2v) is 4.33. The predicted molar refractivity (Wildman–Crippen MR) is 63.3 cm³/mol. The molecule has 1 aromatic carbocycles. The molecule has 0 bridgehead atoms. The molecule has 0 fully saturated rings. The Kier molecular flexibility index (Phi) is 4.35. The smallest absolute Gasteiger partial charge is 0.120 e. The summed E-state index contributed by atoms with van der Waals surface area (Å²) in [5.41, 5.74) is 1.34. The fraction of sp³-hybridized carbons (Fsp3) is 0.333. The van der Waals surface area contributed by atoms with Crippen molar-refractivity contribution < 1.29 is 4.74 Å². The van der Waals surface area contributed by atoms with Gasteiger partial charge >= 0.3 is 0 Å². The molecule has 0 N–H and O–H groups in total. The van der Waals surface area contributed by atoms with E-state index in [0.29, 0.717) is 0 Å². The lowest BCUT2D eigenvalue weighted by Crippen LogP contribution is -1.89. The first-order chi connectivity index (χ1) is 5.77. The molecule has 0 heterocycles. The Bertz CT molecular complexity index is 263. The Hall–Kier alpha value is 0.230. The van der Waals surface area contributed by atoms with Crippen molar-refractivity contribution in [2.75, 3.05) is 11.5 Å². The minimum Gasteiger partial charge on any atom is -0.497 e. The Morgan fingerprint density at radius 1 is 1.50 bits per heavy atom. The molecule has 3 heteroatoms. The average molecular weight is 341 g/mol. The Morgan fingerprint density at radius 3 is 2.75 bits per heavy atom. The standard InChI is InChI=1S/C9H10BrIO/c1-12-8-3-2-7(4-5-11)9(10)6-8/h2-3,6H,4-5H2,1H3. The molecule has 0 aliphatic rings. The van der Waals surface area contributed by atoms with Crippen LogP contribution in [-0.2, 0) is 6.42 Å². The first-order valence-electron chi connectivity index (χ1n) is 3.66. The zero-order valence-corrected chi connectivity index (χ0v) is 10.6. The lowest BCUT2D eigenvalue weighted by atomic mass is 10.2. The van der Waals surface area contributed by atoms with Crippen molar-refractivity contribution in [3.05, 3.63) is 28.2 Å². The van der Waals surface area contributed by atoms with Gasteiger partial charge in [-0.15, -0.1) is 0 Å². The molecule has 0 radical (unpaired) electrons. The van der Waals surface area contributed by atoms with Gasteiger partial charge in [0.1, 0.15) is 5.75 Å². The summed E-state index contributed by atoms with van der Waals surface area (Å²) < 4.78 is 7.38. The van der Waals surface area contributed by atoms with E-state index >= 15 is 0 Å². The van der Waals surface area contributed by atoms with Crippen molar-refractivity contribution in [3.8, 4) is 5.75 Å². The average Bonchev–Trinajstić information content (AvgIpc) is 2.09. The number of aryl methyl sites for hydroxylation is 1. The van der Waals surface area contributed by atoms with Gasteiger partial charge in [-0.25, -0.2) is 0 Å². The molecule has 0 atom stereocenters. The highest BCUT2D eigenvalue weighted by atomic mass is 127. The van der Waals surface area contributed by atoms with E-state index in [1.807, 2.05) is 12.1 Å². The summed E-state index contributed by atoms with van der Waals surface area (Å²) >= 11 is 5.88. The van der Waals surface area contributed by atoms with Gasteiger partial charge < -0.3 is 4.74 Å². The summed E-state index contributed by atoms with van der Waals surface area (Å²) in [6.07, 6.45) is 1.10. The molecule has 0 saturated carbocycles. The highest BCUT2D eigenvalue weighted by molar-refractivity contribution is 14.1. The zero-order chi connectivity index (χ0) is 8.97. The summed E-state index contributed by atoms with van der Waals surface area (Å²) in [6.45, 7) is 0. The predicted octanol–water partition coefficient (Wildman–Crippen LogP) is 3.44. The zero-order valence-electron chi connectivity index (χ0n) is 6.81. The molecule has 1 rings (SSSR count). The van der Waals surface area contributed by atoms with Crippen molar-refractivity contribution >= 4 is 38.5 Å². The normalized spacial score (nSPS) is 9.92. The number of ether oxygens (including phenoxy) is 1. The van der Waals surface area contributed by atoms with Crippen LogP contribution >= 0.6 is 38.5 Å². The molecular formula is C9H10BrIO. The first kappa shape index (κ1) is 10.3. The summed E-state index contributed by atoms with van der Waals surface area (Å²) in [5, 5.41) is 0. The van der Waals surface area contributed by atoms with Crippen LogP contribution in [0.5, 0.6) is 5.75 Å². The van der Waals surface area contributed by atoms with E-state index in [1.165, 1.54) is 5.56 Å². The van der Waals surface area contributed by atoms with Crippen LogP contribution in [0.1, 0.15) is 5.56 Å². The van der Waals surface area contributed by atoms with Gasteiger partial charge in [0.25, 0.3) is 0 Å². The molecule has 12 heavy (non-hydrogen) atoms. The molecule has 0 aliphatic carbocycles. The summed E-state index contributed by atoms with van der Waals surface area (Å²) in [6, 6.07) is 6.09. The second-order valence-electron chi connectivity index (χ2n) is 2.40. The molecule has 0 unspecified atom stereocenters. The molecule has 0 aromatic heterocycles. The van der Waals surface area contributed by atoms with Crippen LogP contribution < -0.4 is 4.74 Å². The maximum atomic E-state index is 5.10. The van der Waals surface area contributed by atoms with E-state index < -0.39 is 0 Å². The molecule has 1 nitrogen and oxygen atoms in total. The molecule has 0 aliphatic heterocycles. The van der Waals surface area contributed by atoms with Crippen molar-refractivity contribution in [3.63, 3.8) is 0 Å². The van der Waals surface area contributed by atoms with Gasteiger partial charge in [0, 0.05) is 8.90 Å². The first-order valence-corrected chi connectivity index (χ1v) is 5.98. The molecule has 0 amide bonds. The van der Waals surface area contributed by atoms with E-state index in [-0.39, 0.29) is 0 Å². The van der Waals surface area contributed by atoms with Gasteiger partial charge in [0.15, 0.2) is 0 Å². The van der Waals surface area contributed by atoms with E-state index in [4.69, 9.17) is 4.74 Å². The van der Waals surface area contributed by atoms with Gasteiger partial charge in [0.05, 0.1) is 7.11 Å². The second kappa shape index (κ2) is 5.07. The number of hydrogen-bond donors (Lipinski definition) is 0. The van der Waals surface area contributed by atoms with Crippen LogP contribution in [0.2, 0.25) is 0 Å². The van der Waals surface area contributed by atoms with Crippen LogP contribution in [0.15, 0.2) is 22.7 Å². The fourth-order valence-electron chi connectivity index (χ4n) is 0.960. The topological polar surface area (TPSA) is 9.23 Å². The molecular weight excluding hydrogens is 331 g/mol. The molecule has 0 saturated heterocycles. The number of rotatable bonds is 3. The van der Waals surface area contributed by atoms with Crippen LogP contribution in [0.4, 0.5) is 0 Å². The van der Waals surface area contributed by atoms with Crippen molar-refractivity contribution in [1.82, 2.24) is 0 Å². The summed E-state index contributed by atoms with van der Waals surface area (Å²) in [5.74, 6) is 0.902. The summed E-state index contributed by atoms with van der Waals surface area (Å²) in [4.78, 5) is 0. The third-order valence-electron chi connectivity index (χ3n) is 1.62. The SMILES string of the molecule is COc1ccc(CCI)c(Br)c1. The monoisotopic (exact) mass is 340 g/mol. The van der Waals surface area contributed by atoms with E-state index in [9.17, 15) is 0 Å². The third kappa shape index (κ3) is 2.62. The van der Waals surface area contributed by atoms with Gasteiger partial charge in [-0.2, -0.15) is 0 Å². The van der Waals surface area contributed by atoms with Gasteiger partial charge in [-0.1, -0.05) is 44.6 Å². The van der Waals surface area contributed by atoms with Crippen LogP contribution in [0, 0.1) is 0 Å². The highest BCUT2D eigenvalue weighted by Crippen LogP contribution is 2.23. The number of benzene rings is 1. The number of methoxy groups -OCH3 is 1. The fourth-order valence-corrected chi connectivity index (χ4v) is 2.10. The van der Waals surface area contributed by atoms with Crippen LogP contribution in [0.25, 0.3) is 0 Å². The minimum absolute atomic E-state index is 0.902. The molecule has 1 aromatic rings. The Balaban J connectivity index is 2.87. The van der Waals surface area contributed by atoms with E-state index in [1.54, 1.807) is 7.11 Å². The molecule has 66 valence electrons. The number of halogens is 2.